The molecule has 0 radical (unpaired) electrons. The van der Waals surface area contributed by atoms with Crippen molar-refractivity contribution in [3.8, 4) is 0 Å². The fourth-order valence-corrected chi connectivity index (χ4v) is 0.671. The molecule has 0 aliphatic rings. The molecule has 0 rings (SSSR count). The van der Waals surface area contributed by atoms with Gasteiger partial charge in [0.1, 0.15) is 0 Å². The molecule has 0 aromatic heterocycles. The van der Waals surface area contributed by atoms with Crippen LogP contribution in [0.15, 0.2) is 0 Å². The third-order valence-electron chi connectivity index (χ3n) is 0.988. The van der Waals surface area contributed by atoms with Gasteiger partial charge in [0, 0.05) is 12.3 Å². The fraction of sp³-hybridized carbons (Fsp3) is 1.00. The van der Waals surface area contributed by atoms with Crippen LogP contribution in [0.2, 0.25) is 0 Å². The van der Waals surface area contributed by atoms with Gasteiger partial charge in [0.25, 0.3) is 0 Å². The summed E-state index contributed by atoms with van der Waals surface area (Å²) in [5.41, 5.74) is 0. The van der Waals surface area contributed by atoms with Crippen molar-refractivity contribution in [2.75, 3.05) is 12.3 Å². The van der Waals surface area contributed by atoms with Gasteiger partial charge in [-0.1, -0.05) is 13.8 Å². The van der Waals surface area contributed by atoms with Crippen LogP contribution < -0.4 is 0 Å². The predicted octanol–water partition coefficient (Wildman–Crippen LogP) is -0.536. The van der Waals surface area contributed by atoms with Gasteiger partial charge in [0.15, 0.2) is 24.7 Å². The van der Waals surface area contributed by atoms with Gasteiger partial charge in [-0.2, -0.15) is 0 Å². The first-order valence-corrected chi connectivity index (χ1v) is 4.46. The van der Waals surface area contributed by atoms with Crippen molar-refractivity contribution in [1.29, 1.82) is 0 Å². The van der Waals surface area contributed by atoms with Gasteiger partial charge in [0.05, 0.1) is 0 Å². The van der Waals surface area contributed by atoms with Crippen LogP contribution in [0.5, 0.6) is 0 Å². The quantitative estimate of drug-likeness (QED) is 0.453. The monoisotopic (exact) mass is 176 g/mol. The molecule has 0 heterocycles. The van der Waals surface area contributed by atoms with E-state index in [0.29, 0.717) is 12.3 Å². The standard InChI is InChI=1S/C4H11O2P.Al.Na.4H/c1-3-7(5,6)4-2;;;;;;/h3-4H2,1-2H3,(H,5,6);;;;;;. The Morgan fingerprint density at radius 2 is 1.56 bits per heavy atom. The average Bonchev–Trinajstić information content (AvgIpc) is 1.68. The van der Waals surface area contributed by atoms with Crippen LogP contribution in [-0.4, -0.2) is 64.1 Å². The second kappa shape index (κ2) is 7.83. The second-order valence-electron chi connectivity index (χ2n) is 1.48. The van der Waals surface area contributed by atoms with E-state index in [4.69, 9.17) is 4.89 Å². The Morgan fingerprint density at radius 3 is 1.56 bits per heavy atom. The molecule has 5 heteroatoms. The molecule has 0 saturated carbocycles. The average molecular weight is 176 g/mol. The number of rotatable bonds is 2. The Hall–Kier alpha value is 1.72. The van der Waals surface area contributed by atoms with Crippen molar-refractivity contribution in [3.63, 3.8) is 0 Å². The Balaban J connectivity index is -0.000000180. The van der Waals surface area contributed by atoms with Gasteiger partial charge in [0.2, 0.25) is 0 Å². The molecule has 0 unspecified atom stereocenters. The van der Waals surface area contributed by atoms with Crippen LogP contribution >= 0.6 is 7.37 Å². The summed E-state index contributed by atoms with van der Waals surface area (Å²) >= 11 is 0. The van der Waals surface area contributed by atoms with Gasteiger partial charge in [-0.25, -0.2) is 0 Å². The van der Waals surface area contributed by atoms with Gasteiger partial charge in [-0.3, -0.25) is 4.57 Å². The Morgan fingerprint density at radius 1 is 1.33 bits per heavy atom. The summed E-state index contributed by atoms with van der Waals surface area (Å²) in [6.45, 7) is 3.45. The normalized spacial score (nSPS) is 9.22. The van der Waals surface area contributed by atoms with E-state index in [0.717, 1.165) is 0 Å². The van der Waals surface area contributed by atoms with E-state index in [1.165, 1.54) is 0 Å². The molecule has 0 aliphatic carbocycles. The predicted molar refractivity (Wildman–Crippen MR) is 48.0 cm³/mol. The van der Waals surface area contributed by atoms with Crippen LogP contribution in [0.25, 0.3) is 0 Å². The van der Waals surface area contributed by atoms with E-state index < -0.39 is 7.37 Å². The maximum absolute atomic E-state index is 10.5. The summed E-state index contributed by atoms with van der Waals surface area (Å²) in [6.07, 6.45) is 0.812. The van der Waals surface area contributed by atoms with E-state index in [1.54, 1.807) is 13.8 Å². The number of hydrogen-bond acceptors (Lipinski definition) is 1. The Bertz CT molecular complexity index is 90.6. The molecular weight excluding hydrogens is 161 g/mol. The van der Waals surface area contributed by atoms with Crippen LogP contribution in [0.1, 0.15) is 13.8 Å². The summed E-state index contributed by atoms with van der Waals surface area (Å²) in [5.74, 6) is 0. The van der Waals surface area contributed by atoms with E-state index in [-0.39, 0.29) is 46.9 Å². The molecule has 0 amide bonds. The number of hydrogen-bond donors (Lipinski definition) is 1. The van der Waals surface area contributed by atoms with Crippen molar-refractivity contribution in [2.24, 2.45) is 0 Å². The van der Waals surface area contributed by atoms with E-state index in [9.17, 15) is 4.57 Å². The molecule has 0 atom stereocenters. The molecule has 0 aromatic rings. The maximum atomic E-state index is 10.5. The van der Waals surface area contributed by atoms with Crippen LogP contribution in [-0.2, 0) is 4.57 Å². The zero-order chi connectivity index (χ0) is 5.91. The molecule has 0 bridgehead atoms. The summed E-state index contributed by atoms with van der Waals surface area (Å²) in [4.78, 5) is 8.69. The summed E-state index contributed by atoms with van der Waals surface area (Å²) in [7, 11) is -2.65. The van der Waals surface area contributed by atoms with Crippen molar-refractivity contribution in [3.05, 3.63) is 0 Å². The minimum atomic E-state index is -2.65. The zero-order valence-electron chi connectivity index (χ0n) is 4.72. The van der Waals surface area contributed by atoms with Gasteiger partial charge in [-0.15, -0.1) is 0 Å². The van der Waals surface area contributed by atoms with Crippen molar-refractivity contribution in [2.45, 2.75) is 13.8 Å². The van der Waals surface area contributed by atoms with E-state index >= 15 is 0 Å². The Labute approximate surface area is 89.3 Å². The van der Waals surface area contributed by atoms with Gasteiger partial charge < -0.3 is 4.89 Å². The molecule has 0 aromatic carbocycles. The summed E-state index contributed by atoms with van der Waals surface area (Å²) in [5, 5.41) is 0. The van der Waals surface area contributed by atoms with Crippen LogP contribution in [0.3, 0.4) is 0 Å². The Kier molecular flexibility index (Phi) is 14.8. The van der Waals surface area contributed by atoms with Crippen LogP contribution in [0, 0.1) is 0 Å². The minimum absolute atomic E-state index is 0. The first kappa shape index (κ1) is 17.0. The van der Waals surface area contributed by atoms with Crippen LogP contribution in [0.4, 0.5) is 0 Å². The molecule has 2 nitrogen and oxygen atoms in total. The fourth-order valence-electron chi connectivity index (χ4n) is 0.224. The molecule has 0 saturated heterocycles. The topological polar surface area (TPSA) is 37.3 Å². The third kappa shape index (κ3) is 9.72. The van der Waals surface area contributed by atoms with Crippen molar-refractivity contribution < 1.29 is 9.46 Å². The SMILES string of the molecule is CCP(=O)(O)CC.[AlH3].[NaH]. The molecule has 1 N–H and O–H groups in total. The molecular formula is C4H15AlNaO2P. The van der Waals surface area contributed by atoms with Gasteiger partial charge in [-0.05, 0) is 0 Å². The zero-order valence-corrected chi connectivity index (χ0v) is 5.61. The van der Waals surface area contributed by atoms with E-state index in [1.807, 2.05) is 0 Å². The molecule has 9 heavy (non-hydrogen) atoms. The first-order valence-electron chi connectivity index (χ1n) is 2.43. The van der Waals surface area contributed by atoms with Crippen molar-refractivity contribution >= 4 is 54.3 Å². The molecule has 0 spiro atoms. The molecule has 0 aliphatic heterocycles. The summed E-state index contributed by atoms with van der Waals surface area (Å²) in [6, 6.07) is 0. The molecule has 52 valence electrons. The van der Waals surface area contributed by atoms with Gasteiger partial charge >= 0.3 is 29.6 Å². The van der Waals surface area contributed by atoms with E-state index in [2.05, 4.69) is 0 Å². The summed E-state index contributed by atoms with van der Waals surface area (Å²) < 4.78 is 10.5. The first-order chi connectivity index (χ1) is 3.12. The third-order valence-corrected chi connectivity index (χ3v) is 2.96. The molecule has 0 fully saturated rings. The van der Waals surface area contributed by atoms with Crippen molar-refractivity contribution in [1.82, 2.24) is 0 Å². The second-order valence-corrected chi connectivity index (χ2v) is 4.44.